The fraction of sp³-hybridized carbons (Fsp3) is 0.312. The van der Waals surface area contributed by atoms with Crippen LogP contribution in [0.15, 0.2) is 36.7 Å². The Morgan fingerprint density at radius 2 is 1.79 bits per heavy atom. The highest BCUT2D eigenvalue weighted by molar-refractivity contribution is 5.78. The van der Waals surface area contributed by atoms with Crippen molar-refractivity contribution in [3.05, 3.63) is 42.5 Å². The Bertz CT molecular complexity index is 861. The third kappa shape index (κ3) is 2.58. The second kappa shape index (κ2) is 6.12. The van der Waals surface area contributed by atoms with Crippen molar-refractivity contribution in [1.82, 2.24) is 19.5 Å². The maximum atomic E-state index is 13.5. The standard InChI is InChI=1S/C16H15F2N5O/c17-15(18)16-21-11-3-1-2-4-12(11)23(16)14-9-13(19-10-20-14)22-5-7-24-8-6-22/h1-4,9-10,15H,5-8H2. The van der Waals surface area contributed by atoms with Crippen LogP contribution in [0.4, 0.5) is 14.6 Å². The van der Waals surface area contributed by atoms with Crippen LogP contribution >= 0.6 is 0 Å². The molecule has 1 saturated heterocycles. The lowest BCUT2D eigenvalue weighted by molar-refractivity contribution is 0.122. The summed E-state index contributed by atoms with van der Waals surface area (Å²) in [7, 11) is 0. The molecule has 124 valence electrons. The number of morpholine rings is 1. The molecule has 8 heteroatoms. The van der Waals surface area contributed by atoms with Gasteiger partial charge in [0.1, 0.15) is 18.0 Å². The van der Waals surface area contributed by atoms with Crippen LogP contribution in [-0.4, -0.2) is 45.8 Å². The molecule has 0 amide bonds. The Balaban J connectivity index is 1.83. The first-order chi connectivity index (χ1) is 11.7. The fourth-order valence-electron chi connectivity index (χ4n) is 2.86. The second-order valence-corrected chi connectivity index (χ2v) is 5.43. The van der Waals surface area contributed by atoms with Crippen molar-refractivity contribution < 1.29 is 13.5 Å². The molecule has 0 N–H and O–H groups in total. The van der Waals surface area contributed by atoms with Crippen LogP contribution in [0.2, 0.25) is 0 Å². The van der Waals surface area contributed by atoms with Crippen LogP contribution in [0.1, 0.15) is 12.2 Å². The SMILES string of the molecule is FC(F)c1nc2ccccc2n1-c1cc(N2CCOCC2)ncn1. The Hall–Kier alpha value is -2.61. The molecule has 24 heavy (non-hydrogen) atoms. The Morgan fingerprint density at radius 1 is 1.04 bits per heavy atom. The molecule has 1 aliphatic heterocycles. The molecule has 0 radical (unpaired) electrons. The number of para-hydroxylation sites is 2. The number of ether oxygens (including phenoxy) is 1. The average Bonchev–Trinajstić information content (AvgIpc) is 3.02. The third-order valence-electron chi connectivity index (χ3n) is 3.98. The molecule has 0 bridgehead atoms. The molecule has 3 aromatic rings. The lowest BCUT2D eigenvalue weighted by Crippen LogP contribution is -2.36. The van der Waals surface area contributed by atoms with Gasteiger partial charge in [0.15, 0.2) is 5.82 Å². The van der Waals surface area contributed by atoms with E-state index < -0.39 is 6.43 Å². The van der Waals surface area contributed by atoms with Crippen LogP contribution in [0.5, 0.6) is 0 Å². The van der Waals surface area contributed by atoms with E-state index in [9.17, 15) is 8.78 Å². The maximum Gasteiger partial charge on any atom is 0.296 e. The molecule has 1 aliphatic rings. The highest BCUT2D eigenvalue weighted by atomic mass is 19.3. The maximum absolute atomic E-state index is 13.5. The lowest BCUT2D eigenvalue weighted by atomic mass is 10.3. The number of alkyl halides is 2. The molecule has 1 fully saturated rings. The molecule has 0 unspecified atom stereocenters. The van der Waals surface area contributed by atoms with E-state index >= 15 is 0 Å². The molecule has 0 atom stereocenters. The van der Waals surface area contributed by atoms with Gasteiger partial charge in [-0.2, -0.15) is 0 Å². The van der Waals surface area contributed by atoms with Crippen molar-refractivity contribution in [3.8, 4) is 5.82 Å². The minimum absolute atomic E-state index is 0.317. The van der Waals surface area contributed by atoms with Crippen LogP contribution < -0.4 is 4.90 Å². The van der Waals surface area contributed by atoms with E-state index in [-0.39, 0.29) is 5.82 Å². The first-order valence-corrected chi connectivity index (χ1v) is 7.64. The predicted molar refractivity (Wildman–Crippen MR) is 84.6 cm³/mol. The number of aromatic nitrogens is 4. The summed E-state index contributed by atoms with van der Waals surface area (Å²) in [5.74, 6) is 0.764. The molecule has 6 nitrogen and oxygen atoms in total. The largest absolute Gasteiger partial charge is 0.378 e. The van der Waals surface area contributed by atoms with E-state index in [1.165, 1.54) is 10.9 Å². The topological polar surface area (TPSA) is 56.1 Å². The summed E-state index contributed by atoms with van der Waals surface area (Å²) in [5, 5.41) is 0. The highest BCUT2D eigenvalue weighted by Crippen LogP contribution is 2.28. The molecule has 0 saturated carbocycles. The molecular weight excluding hydrogens is 316 g/mol. The van der Waals surface area contributed by atoms with Crippen molar-refractivity contribution in [2.75, 3.05) is 31.2 Å². The van der Waals surface area contributed by atoms with Gasteiger partial charge in [0.2, 0.25) is 0 Å². The van der Waals surface area contributed by atoms with Crippen molar-refractivity contribution in [3.63, 3.8) is 0 Å². The van der Waals surface area contributed by atoms with Gasteiger partial charge in [0, 0.05) is 19.2 Å². The molecule has 4 rings (SSSR count). The first kappa shape index (κ1) is 14.9. The van der Waals surface area contributed by atoms with E-state index in [1.54, 1.807) is 30.3 Å². The minimum atomic E-state index is -2.70. The van der Waals surface area contributed by atoms with Crippen LogP contribution in [0.3, 0.4) is 0 Å². The summed E-state index contributed by atoms with van der Waals surface area (Å²) in [6, 6.07) is 8.74. The van der Waals surface area contributed by atoms with Gasteiger partial charge in [-0.25, -0.2) is 23.7 Å². The Labute approximate surface area is 136 Å². The van der Waals surface area contributed by atoms with Gasteiger partial charge in [-0.05, 0) is 12.1 Å². The van der Waals surface area contributed by atoms with Gasteiger partial charge in [-0.1, -0.05) is 12.1 Å². The molecule has 2 aromatic heterocycles. The smallest absolute Gasteiger partial charge is 0.296 e. The zero-order chi connectivity index (χ0) is 16.5. The minimum Gasteiger partial charge on any atom is -0.378 e. The predicted octanol–water partition coefficient (Wildman–Crippen LogP) is 2.59. The summed E-state index contributed by atoms with van der Waals surface area (Å²) in [5.41, 5.74) is 1.11. The number of hydrogen-bond donors (Lipinski definition) is 0. The Kier molecular flexibility index (Phi) is 3.81. The molecule has 1 aromatic carbocycles. The number of nitrogens with zero attached hydrogens (tertiary/aromatic N) is 5. The molecule has 3 heterocycles. The van der Waals surface area contributed by atoms with Gasteiger partial charge in [0.25, 0.3) is 6.43 Å². The van der Waals surface area contributed by atoms with Gasteiger partial charge < -0.3 is 9.64 Å². The van der Waals surface area contributed by atoms with E-state index in [2.05, 4.69) is 19.9 Å². The second-order valence-electron chi connectivity index (χ2n) is 5.43. The van der Waals surface area contributed by atoms with Gasteiger partial charge in [0.05, 0.1) is 24.2 Å². The van der Waals surface area contributed by atoms with Crippen LogP contribution in [-0.2, 0) is 4.74 Å². The Morgan fingerprint density at radius 3 is 2.58 bits per heavy atom. The van der Waals surface area contributed by atoms with Gasteiger partial charge >= 0.3 is 0 Å². The van der Waals surface area contributed by atoms with Gasteiger partial charge in [-0.3, -0.25) is 4.57 Å². The zero-order valence-electron chi connectivity index (χ0n) is 12.8. The van der Waals surface area contributed by atoms with Crippen molar-refractivity contribution in [2.24, 2.45) is 0 Å². The summed E-state index contributed by atoms with van der Waals surface area (Å²) < 4.78 is 33.6. The fourth-order valence-corrected chi connectivity index (χ4v) is 2.86. The average molecular weight is 331 g/mol. The van der Waals surface area contributed by atoms with Crippen molar-refractivity contribution in [2.45, 2.75) is 6.43 Å². The number of imidazole rings is 1. The zero-order valence-corrected chi connectivity index (χ0v) is 12.8. The van der Waals surface area contributed by atoms with Crippen molar-refractivity contribution in [1.29, 1.82) is 0 Å². The van der Waals surface area contributed by atoms with Gasteiger partial charge in [-0.15, -0.1) is 0 Å². The van der Waals surface area contributed by atoms with E-state index in [1.807, 2.05) is 0 Å². The summed E-state index contributed by atoms with van der Waals surface area (Å²) >= 11 is 0. The molecular formula is C16H15F2N5O. The van der Waals surface area contributed by atoms with Crippen molar-refractivity contribution >= 4 is 16.9 Å². The highest BCUT2D eigenvalue weighted by Gasteiger charge is 2.22. The van der Waals surface area contributed by atoms with E-state index in [0.29, 0.717) is 49.0 Å². The summed E-state index contributed by atoms with van der Waals surface area (Å²) in [6.07, 6.45) is -1.30. The van der Waals surface area contributed by atoms with Crippen LogP contribution in [0.25, 0.3) is 16.9 Å². The molecule has 0 spiro atoms. The van der Waals surface area contributed by atoms with E-state index in [0.717, 1.165) is 0 Å². The number of rotatable bonds is 3. The van der Waals surface area contributed by atoms with E-state index in [4.69, 9.17) is 4.74 Å². The van der Waals surface area contributed by atoms with Crippen LogP contribution in [0, 0.1) is 0 Å². The first-order valence-electron chi connectivity index (χ1n) is 7.64. The summed E-state index contributed by atoms with van der Waals surface area (Å²) in [6.45, 7) is 2.66. The number of halogens is 2. The number of fused-ring (bicyclic) bond motifs is 1. The molecule has 0 aliphatic carbocycles. The number of anilines is 1. The quantitative estimate of drug-likeness (QED) is 0.738. The third-order valence-corrected chi connectivity index (χ3v) is 3.98. The number of hydrogen-bond acceptors (Lipinski definition) is 5. The number of benzene rings is 1. The normalized spacial score (nSPS) is 15.4. The monoisotopic (exact) mass is 331 g/mol. The summed E-state index contributed by atoms with van der Waals surface area (Å²) in [4.78, 5) is 14.6. The lowest BCUT2D eigenvalue weighted by Gasteiger charge is -2.27.